The van der Waals surface area contributed by atoms with Gasteiger partial charge in [0.1, 0.15) is 5.82 Å². The quantitative estimate of drug-likeness (QED) is 0.276. The van der Waals surface area contributed by atoms with Crippen molar-refractivity contribution in [2.75, 3.05) is 6.61 Å². The van der Waals surface area contributed by atoms with Crippen molar-refractivity contribution < 1.29 is 9.53 Å². The molecule has 0 spiro atoms. The molecule has 0 unspecified atom stereocenters. The molecule has 5 heteroatoms. The predicted molar refractivity (Wildman–Crippen MR) is 118 cm³/mol. The summed E-state index contributed by atoms with van der Waals surface area (Å²) in [6.45, 7) is 6.25. The van der Waals surface area contributed by atoms with Crippen molar-refractivity contribution in [3.63, 3.8) is 0 Å². The first-order valence-corrected chi connectivity index (χ1v) is 11.9. The van der Waals surface area contributed by atoms with Crippen LogP contribution in [0.2, 0.25) is 0 Å². The van der Waals surface area contributed by atoms with E-state index in [4.69, 9.17) is 4.74 Å². The number of carbonyl (C=O) groups is 1. The number of nitrogens with one attached hydrogen (secondary N) is 1. The van der Waals surface area contributed by atoms with Crippen LogP contribution >= 0.6 is 0 Å². The van der Waals surface area contributed by atoms with E-state index in [1.54, 1.807) is 0 Å². The summed E-state index contributed by atoms with van der Waals surface area (Å²) in [5.41, 5.74) is 1.86. The standard InChI is InChI=1S/C24H41N3O2/c1-3-5-6-7-8-9-10-11-12-13-18-27-19-17-25-23(27)20-26-22-16-14-15-21(22)24(28)29-4-2/h17,19,26H,3-16,18,20H2,1-2H3. The normalized spacial score (nSPS) is 13.9. The molecule has 1 aromatic rings. The molecule has 0 aliphatic heterocycles. The summed E-state index contributed by atoms with van der Waals surface area (Å²) >= 11 is 0. The van der Waals surface area contributed by atoms with E-state index in [0.29, 0.717) is 13.2 Å². The molecule has 1 aromatic heterocycles. The van der Waals surface area contributed by atoms with Crippen LogP contribution in [0.5, 0.6) is 0 Å². The van der Waals surface area contributed by atoms with E-state index in [0.717, 1.165) is 42.9 Å². The molecule has 0 saturated carbocycles. The van der Waals surface area contributed by atoms with Gasteiger partial charge < -0.3 is 14.6 Å². The van der Waals surface area contributed by atoms with Gasteiger partial charge in [0.05, 0.1) is 18.7 Å². The lowest BCUT2D eigenvalue weighted by Crippen LogP contribution is -2.19. The Bertz CT molecular complexity index is 621. The largest absolute Gasteiger partial charge is 0.463 e. The second-order valence-corrected chi connectivity index (χ2v) is 8.10. The van der Waals surface area contributed by atoms with E-state index in [9.17, 15) is 4.79 Å². The zero-order chi connectivity index (χ0) is 20.7. The molecule has 164 valence electrons. The van der Waals surface area contributed by atoms with E-state index in [-0.39, 0.29) is 5.97 Å². The number of unbranched alkanes of at least 4 members (excludes halogenated alkanes) is 9. The van der Waals surface area contributed by atoms with Crippen LogP contribution in [0.15, 0.2) is 23.7 Å². The number of carbonyl (C=O) groups excluding carboxylic acids is 1. The van der Waals surface area contributed by atoms with Crippen LogP contribution in [0.3, 0.4) is 0 Å². The average molecular weight is 404 g/mol. The Labute approximate surface area is 177 Å². The fourth-order valence-electron chi connectivity index (χ4n) is 4.05. The molecule has 29 heavy (non-hydrogen) atoms. The molecule has 1 aliphatic rings. The van der Waals surface area contributed by atoms with Gasteiger partial charge in [0, 0.05) is 24.6 Å². The maximum absolute atomic E-state index is 12.1. The molecule has 0 fully saturated rings. The van der Waals surface area contributed by atoms with Gasteiger partial charge in [-0.3, -0.25) is 0 Å². The fraction of sp³-hybridized carbons (Fsp3) is 0.750. The Morgan fingerprint density at radius 3 is 2.41 bits per heavy atom. The minimum Gasteiger partial charge on any atom is -0.463 e. The maximum Gasteiger partial charge on any atom is 0.335 e. The van der Waals surface area contributed by atoms with E-state index in [1.807, 2.05) is 13.1 Å². The average Bonchev–Trinajstić information content (AvgIpc) is 3.37. The zero-order valence-electron chi connectivity index (χ0n) is 18.7. The highest BCUT2D eigenvalue weighted by Gasteiger charge is 2.22. The minimum absolute atomic E-state index is 0.166. The van der Waals surface area contributed by atoms with Crippen LogP contribution in [0.25, 0.3) is 0 Å². The Kier molecular flexibility index (Phi) is 11.5. The molecule has 0 radical (unpaired) electrons. The summed E-state index contributed by atoms with van der Waals surface area (Å²) in [7, 11) is 0. The highest BCUT2D eigenvalue weighted by molar-refractivity contribution is 5.89. The number of imidazole rings is 1. The lowest BCUT2D eigenvalue weighted by molar-refractivity contribution is -0.138. The fourth-order valence-corrected chi connectivity index (χ4v) is 4.05. The SMILES string of the molecule is CCCCCCCCCCCCn1ccnc1CNC1=C(C(=O)OCC)CCC1. The third-order valence-electron chi connectivity index (χ3n) is 5.75. The monoisotopic (exact) mass is 403 g/mol. The van der Waals surface area contributed by atoms with Gasteiger partial charge in [0.15, 0.2) is 0 Å². The maximum atomic E-state index is 12.1. The second kappa shape index (κ2) is 14.2. The predicted octanol–water partition coefficient (Wildman–Crippen LogP) is 5.89. The van der Waals surface area contributed by atoms with Crippen molar-refractivity contribution in [3.8, 4) is 0 Å². The summed E-state index contributed by atoms with van der Waals surface area (Å²) in [4.78, 5) is 16.6. The van der Waals surface area contributed by atoms with Crippen LogP contribution in [0, 0.1) is 0 Å². The van der Waals surface area contributed by atoms with E-state index in [1.165, 1.54) is 64.2 Å². The van der Waals surface area contributed by atoms with E-state index in [2.05, 4.69) is 28.0 Å². The van der Waals surface area contributed by atoms with Crippen molar-refractivity contribution in [1.29, 1.82) is 0 Å². The molecule has 0 amide bonds. The van der Waals surface area contributed by atoms with Crippen molar-refractivity contribution in [2.24, 2.45) is 0 Å². The van der Waals surface area contributed by atoms with Crippen molar-refractivity contribution in [2.45, 2.75) is 110 Å². The summed E-state index contributed by atoms with van der Waals surface area (Å²) < 4.78 is 7.42. The van der Waals surface area contributed by atoms with Crippen molar-refractivity contribution >= 4 is 5.97 Å². The first kappa shape index (κ1) is 23.5. The van der Waals surface area contributed by atoms with Gasteiger partial charge in [-0.05, 0) is 32.6 Å². The number of esters is 1. The summed E-state index contributed by atoms with van der Waals surface area (Å²) in [5.74, 6) is 0.879. The summed E-state index contributed by atoms with van der Waals surface area (Å²) in [6.07, 6.45) is 20.2. The highest BCUT2D eigenvalue weighted by Crippen LogP contribution is 2.25. The molecule has 0 atom stereocenters. The zero-order valence-corrected chi connectivity index (χ0v) is 18.7. The number of nitrogens with zero attached hydrogens (tertiary/aromatic N) is 2. The molecular formula is C24H41N3O2. The van der Waals surface area contributed by atoms with Gasteiger partial charge in [0.2, 0.25) is 0 Å². The number of allylic oxidation sites excluding steroid dienone is 1. The van der Waals surface area contributed by atoms with Gasteiger partial charge in [0.25, 0.3) is 0 Å². The van der Waals surface area contributed by atoms with Crippen molar-refractivity contribution in [1.82, 2.24) is 14.9 Å². The van der Waals surface area contributed by atoms with Gasteiger partial charge in [-0.25, -0.2) is 9.78 Å². The molecule has 0 aromatic carbocycles. The minimum atomic E-state index is -0.166. The number of hydrogen-bond acceptors (Lipinski definition) is 4. The molecule has 2 rings (SSSR count). The molecule has 1 heterocycles. The number of ether oxygens (including phenoxy) is 1. The topological polar surface area (TPSA) is 56.2 Å². The smallest absolute Gasteiger partial charge is 0.335 e. The Hall–Kier alpha value is -1.78. The van der Waals surface area contributed by atoms with Gasteiger partial charge >= 0.3 is 5.97 Å². The number of aromatic nitrogens is 2. The molecule has 5 nitrogen and oxygen atoms in total. The van der Waals surface area contributed by atoms with Gasteiger partial charge in [-0.15, -0.1) is 0 Å². The molecule has 1 N–H and O–H groups in total. The second-order valence-electron chi connectivity index (χ2n) is 8.10. The van der Waals surface area contributed by atoms with Gasteiger partial charge in [-0.1, -0.05) is 64.7 Å². The Morgan fingerprint density at radius 2 is 1.72 bits per heavy atom. The third-order valence-corrected chi connectivity index (χ3v) is 5.75. The van der Waals surface area contributed by atoms with E-state index < -0.39 is 0 Å². The summed E-state index contributed by atoms with van der Waals surface area (Å²) in [6, 6.07) is 0. The first-order chi connectivity index (χ1) is 14.3. The Morgan fingerprint density at radius 1 is 1.03 bits per heavy atom. The van der Waals surface area contributed by atoms with Crippen molar-refractivity contribution in [3.05, 3.63) is 29.5 Å². The van der Waals surface area contributed by atoms with Crippen LogP contribution in [0.1, 0.15) is 103 Å². The third kappa shape index (κ3) is 8.63. The lowest BCUT2D eigenvalue weighted by atomic mass is 10.1. The highest BCUT2D eigenvalue weighted by atomic mass is 16.5. The van der Waals surface area contributed by atoms with E-state index >= 15 is 0 Å². The number of aryl methyl sites for hydroxylation is 1. The van der Waals surface area contributed by atoms with Crippen LogP contribution in [-0.2, 0) is 22.6 Å². The van der Waals surface area contributed by atoms with Crippen LogP contribution < -0.4 is 5.32 Å². The first-order valence-electron chi connectivity index (χ1n) is 11.9. The Balaban J connectivity index is 1.64. The molecule has 0 bridgehead atoms. The molecular weight excluding hydrogens is 362 g/mol. The number of rotatable bonds is 16. The summed E-state index contributed by atoms with van der Waals surface area (Å²) in [5, 5.41) is 3.45. The number of hydrogen-bond donors (Lipinski definition) is 1. The molecule has 1 aliphatic carbocycles. The van der Waals surface area contributed by atoms with Gasteiger partial charge in [-0.2, -0.15) is 0 Å². The van der Waals surface area contributed by atoms with Crippen LogP contribution in [0.4, 0.5) is 0 Å². The molecule has 0 saturated heterocycles. The van der Waals surface area contributed by atoms with Crippen LogP contribution in [-0.4, -0.2) is 22.1 Å². The lowest BCUT2D eigenvalue weighted by Gasteiger charge is -2.12.